The van der Waals surface area contributed by atoms with Crippen molar-refractivity contribution in [2.24, 2.45) is 0 Å². The van der Waals surface area contributed by atoms with Crippen molar-refractivity contribution >= 4 is 11.7 Å². The van der Waals surface area contributed by atoms with Crippen LogP contribution < -0.4 is 9.47 Å². The second kappa shape index (κ2) is 6.78. The molecule has 0 spiro atoms. The highest BCUT2D eigenvalue weighted by Gasteiger charge is 2.22. The first-order chi connectivity index (χ1) is 9.08. The highest BCUT2D eigenvalue weighted by molar-refractivity contribution is 6.42. The molecule has 0 radical (unpaired) electrons. The first kappa shape index (κ1) is 15.0. The highest BCUT2D eigenvalue weighted by Crippen LogP contribution is 2.27. The van der Waals surface area contributed by atoms with Crippen LogP contribution in [0, 0.1) is 0 Å². The van der Waals surface area contributed by atoms with E-state index >= 15 is 0 Å². The Labute approximate surface area is 113 Å². The third-order valence-corrected chi connectivity index (χ3v) is 2.89. The SMILES string of the molecule is CCN(CC)C(=O)C(=O)c1ccc(OC)c(OC)c1. The van der Waals surface area contributed by atoms with E-state index < -0.39 is 11.7 Å². The Bertz CT molecular complexity index is 467. The van der Waals surface area contributed by atoms with Gasteiger partial charge < -0.3 is 14.4 Å². The standard InChI is InChI=1S/C14H19NO4/c1-5-15(6-2)14(17)13(16)10-7-8-11(18-3)12(9-10)19-4/h7-9H,5-6H2,1-4H3. The molecule has 0 saturated carbocycles. The number of Topliss-reactive ketones (excluding diaryl/α,β-unsaturated/α-hetero) is 1. The maximum atomic E-state index is 12.1. The number of benzene rings is 1. The van der Waals surface area contributed by atoms with Crippen molar-refractivity contribution in [3.8, 4) is 11.5 Å². The Hall–Kier alpha value is -2.04. The smallest absolute Gasteiger partial charge is 0.294 e. The zero-order valence-electron chi connectivity index (χ0n) is 11.7. The van der Waals surface area contributed by atoms with E-state index in [2.05, 4.69) is 0 Å². The predicted molar refractivity (Wildman–Crippen MR) is 71.8 cm³/mol. The van der Waals surface area contributed by atoms with E-state index in [0.717, 1.165) is 0 Å². The van der Waals surface area contributed by atoms with Crippen molar-refractivity contribution in [3.63, 3.8) is 0 Å². The van der Waals surface area contributed by atoms with E-state index in [1.165, 1.54) is 25.2 Å². The summed E-state index contributed by atoms with van der Waals surface area (Å²) < 4.78 is 10.2. The van der Waals surface area contributed by atoms with Gasteiger partial charge in [0.05, 0.1) is 14.2 Å². The van der Waals surface area contributed by atoms with E-state index in [0.29, 0.717) is 30.2 Å². The van der Waals surface area contributed by atoms with Crippen molar-refractivity contribution < 1.29 is 19.1 Å². The summed E-state index contributed by atoms with van der Waals surface area (Å²) in [4.78, 5) is 25.5. The van der Waals surface area contributed by atoms with Crippen molar-refractivity contribution in [3.05, 3.63) is 23.8 Å². The number of hydrogen-bond acceptors (Lipinski definition) is 4. The monoisotopic (exact) mass is 265 g/mol. The first-order valence-electron chi connectivity index (χ1n) is 6.14. The number of likely N-dealkylation sites (N-methyl/N-ethyl adjacent to an activating group) is 1. The van der Waals surface area contributed by atoms with Gasteiger partial charge in [0, 0.05) is 18.7 Å². The van der Waals surface area contributed by atoms with Gasteiger partial charge in [-0.3, -0.25) is 9.59 Å². The molecule has 5 nitrogen and oxygen atoms in total. The maximum Gasteiger partial charge on any atom is 0.294 e. The Morgan fingerprint density at radius 3 is 2.11 bits per heavy atom. The average Bonchev–Trinajstić information content (AvgIpc) is 2.46. The number of hydrogen-bond donors (Lipinski definition) is 0. The molecule has 0 aliphatic heterocycles. The van der Waals surface area contributed by atoms with Gasteiger partial charge in [-0.1, -0.05) is 0 Å². The van der Waals surface area contributed by atoms with Gasteiger partial charge in [0.15, 0.2) is 11.5 Å². The molecule has 0 unspecified atom stereocenters. The molecule has 5 heteroatoms. The summed E-state index contributed by atoms with van der Waals surface area (Å²) >= 11 is 0. The van der Waals surface area contributed by atoms with Crippen LogP contribution in [-0.4, -0.2) is 43.9 Å². The Balaban J connectivity index is 3.03. The molecule has 0 saturated heterocycles. The van der Waals surface area contributed by atoms with Crippen molar-refractivity contribution in [1.29, 1.82) is 0 Å². The number of ether oxygens (including phenoxy) is 2. The lowest BCUT2D eigenvalue weighted by molar-refractivity contribution is -0.126. The maximum absolute atomic E-state index is 12.1. The largest absolute Gasteiger partial charge is 0.493 e. The molecule has 0 aliphatic rings. The lowest BCUT2D eigenvalue weighted by Crippen LogP contribution is -2.36. The van der Waals surface area contributed by atoms with Crippen LogP contribution in [-0.2, 0) is 4.79 Å². The summed E-state index contributed by atoms with van der Waals surface area (Å²) in [6.45, 7) is 4.69. The van der Waals surface area contributed by atoms with Crippen LogP contribution in [0.4, 0.5) is 0 Å². The van der Waals surface area contributed by atoms with Crippen LogP contribution >= 0.6 is 0 Å². The Morgan fingerprint density at radius 1 is 1.05 bits per heavy atom. The third-order valence-electron chi connectivity index (χ3n) is 2.89. The van der Waals surface area contributed by atoms with Crippen LogP contribution in [0.5, 0.6) is 11.5 Å². The first-order valence-corrected chi connectivity index (χ1v) is 6.14. The zero-order chi connectivity index (χ0) is 14.4. The van der Waals surface area contributed by atoms with Crippen LogP contribution in [0.25, 0.3) is 0 Å². The van der Waals surface area contributed by atoms with E-state index in [1.54, 1.807) is 12.1 Å². The molecule has 0 bridgehead atoms. The number of carbonyl (C=O) groups is 2. The molecule has 1 rings (SSSR count). The molecule has 1 aromatic rings. The molecule has 1 aromatic carbocycles. The molecule has 0 atom stereocenters. The fourth-order valence-corrected chi connectivity index (χ4v) is 1.76. The van der Waals surface area contributed by atoms with Gasteiger partial charge in [0.25, 0.3) is 11.7 Å². The van der Waals surface area contributed by atoms with Gasteiger partial charge in [0.1, 0.15) is 0 Å². The number of carbonyl (C=O) groups excluding carboxylic acids is 2. The predicted octanol–water partition coefficient (Wildman–Crippen LogP) is 1.75. The third kappa shape index (κ3) is 3.24. The zero-order valence-corrected chi connectivity index (χ0v) is 11.7. The summed E-state index contributed by atoms with van der Waals surface area (Å²) in [5.41, 5.74) is 0.301. The van der Waals surface area contributed by atoms with Crippen LogP contribution in [0.1, 0.15) is 24.2 Å². The van der Waals surface area contributed by atoms with E-state index in [1.807, 2.05) is 13.8 Å². The van der Waals surface area contributed by atoms with Gasteiger partial charge >= 0.3 is 0 Å². The molecule has 0 heterocycles. The number of methoxy groups -OCH3 is 2. The molecule has 0 aromatic heterocycles. The van der Waals surface area contributed by atoms with E-state index in [4.69, 9.17) is 9.47 Å². The fraction of sp³-hybridized carbons (Fsp3) is 0.429. The Kier molecular flexibility index (Phi) is 5.36. The van der Waals surface area contributed by atoms with Gasteiger partial charge in [-0.25, -0.2) is 0 Å². The van der Waals surface area contributed by atoms with Gasteiger partial charge in [-0.15, -0.1) is 0 Å². The van der Waals surface area contributed by atoms with Gasteiger partial charge in [0.2, 0.25) is 0 Å². The number of amides is 1. The second-order valence-corrected chi connectivity index (χ2v) is 3.88. The number of rotatable bonds is 6. The molecular weight excluding hydrogens is 246 g/mol. The van der Waals surface area contributed by atoms with Gasteiger partial charge in [-0.2, -0.15) is 0 Å². The number of ketones is 1. The molecular formula is C14H19NO4. The summed E-state index contributed by atoms with van der Waals surface area (Å²) in [5.74, 6) is -0.0862. The summed E-state index contributed by atoms with van der Waals surface area (Å²) in [7, 11) is 3.00. The molecule has 0 fully saturated rings. The normalized spacial score (nSPS) is 9.89. The molecule has 1 amide bonds. The van der Waals surface area contributed by atoms with E-state index in [9.17, 15) is 9.59 Å². The molecule has 104 valence electrons. The molecule has 0 aliphatic carbocycles. The topological polar surface area (TPSA) is 55.8 Å². The quantitative estimate of drug-likeness (QED) is 0.581. The Morgan fingerprint density at radius 2 is 1.63 bits per heavy atom. The summed E-state index contributed by atoms with van der Waals surface area (Å²) in [5, 5.41) is 0. The fourth-order valence-electron chi connectivity index (χ4n) is 1.76. The average molecular weight is 265 g/mol. The molecule has 19 heavy (non-hydrogen) atoms. The summed E-state index contributed by atoms with van der Waals surface area (Å²) in [6.07, 6.45) is 0. The van der Waals surface area contributed by atoms with Gasteiger partial charge in [-0.05, 0) is 32.0 Å². The van der Waals surface area contributed by atoms with Crippen molar-refractivity contribution in [2.75, 3.05) is 27.3 Å². The lowest BCUT2D eigenvalue weighted by atomic mass is 10.1. The van der Waals surface area contributed by atoms with E-state index in [-0.39, 0.29) is 0 Å². The van der Waals surface area contributed by atoms with Crippen molar-refractivity contribution in [2.45, 2.75) is 13.8 Å². The minimum atomic E-state index is -0.537. The van der Waals surface area contributed by atoms with Crippen LogP contribution in [0.15, 0.2) is 18.2 Å². The second-order valence-electron chi connectivity index (χ2n) is 3.88. The van der Waals surface area contributed by atoms with Crippen LogP contribution in [0.2, 0.25) is 0 Å². The minimum Gasteiger partial charge on any atom is -0.493 e. The minimum absolute atomic E-state index is 0.301. The van der Waals surface area contributed by atoms with Crippen LogP contribution in [0.3, 0.4) is 0 Å². The lowest BCUT2D eigenvalue weighted by Gasteiger charge is -2.17. The number of nitrogens with zero attached hydrogens (tertiary/aromatic N) is 1. The van der Waals surface area contributed by atoms with Crippen molar-refractivity contribution in [1.82, 2.24) is 4.90 Å². The summed E-state index contributed by atoms with van der Waals surface area (Å²) in [6, 6.07) is 4.69. The molecule has 0 N–H and O–H groups in total. The highest BCUT2D eigenvalue weighted by atomic mass is 16.5.